The van der Waals surface area contributed by atoms with Crippen molar-refractivity contribution in [2.75, 3.05) is 20.0 Å². The van der Waals surface area contributed by atoms with Gasteiger partial charge in [0.1, 0.15) is 0 Å². The molecular formula is C7H12ClNO. The lowest BCUT2D eigenvalue weighted by Crippen LogP contribution is -2.06. The Morgan fingerprint density at radius 1 is 1.70 bits per heavy atom. The highest BCUT2D eigenvalue weighted by molar-refractivity contribution is 6.22. The molecule has 58 valence electrons. The average Bonchev–Trinajstić information content (AvgIpc) is 2.00. The van der Waals surface area contributed by atoms with E-state index >= 15 is 0 Å². The van der Waals surface area contributed by atoms with Gasteiger partial charge in [0.05, 0.1) is 13.0 Å². The van der Waals surface area contributed by atoms with Gasteiger partial charge in [-0.25, -0.2) is 0 Å². The Bertz CT molecular complexity index is 134. The van der Waals surface area contributed by atoms with E-state index in [1.54, 1.807) is 14.2 Å². The molecule has 10 heavy (non-hydrogen) atoms. The molecule has 0 aromatic heterocycles. The van der Waals surface area contributed by atoms with Crippen LogP contribution in [0.4, 0.5) is 0 Å². The van der Waals surface area contributed by atoms with Crippen LogP contribution in [0, 0.1) is 0 Å². The predicted octanol–water partition coefficient (Wildman–Crippen LogP) is 1.85. The van der Waals surface area contributed by atoms with Gasteiger partial charge in [-0.3, -0.25) is 4.99 Å². The Labute approximate surface area is 66.6 Å². The van der Waals surface area contributed by atoms with Crippen LogP contribution in [0.2, 0.25) is 0 Å². The molecule has 0 radical (unpaired) electrons. The van der Waals surface area contributed by atoms with E-state index in [1.165, 1.54) is 0 Å². The molecule has 0 N–H and O–H groups in total. The molecule has 0 atom stereocenters. The number of rotatable bonds is 2. The summed E-state index contributed by atoms with van der Waals surface area (Å²) in [5.74, 6) is 1.05. The maximum absolute atomic E-state index is 5.59. The van der Waals surface area contributed by atoms with Crippen molar-refractivity contribution in [1.82, 2.24) is 0 Å². The van der Waals surface area contributed by atoms with Gasteiger partial charge in [-0.15, -0.1) is 11.6 Å². The van der Waals surface area contributed by atoms with Gasteiger partial charge >= 0.3 is 0 Å². The Morgan fingerprint density at radius 3 is 2.40 bits per heavy atom. The molecule has 0 aromatic rings. The lowest BCUT2D eigenvalue weighted by Gasteiger charge is -2.03. The summed E-state index contributed by atoms with van der Waals surface area (Å²) in [4.78, 5) is 3.89. The number of methoxy groups -OCH3 is 1. The third kappa shape index (κ3) is 2.40. The fourth-order valence-corrected chi connectivity index (χ4v) is 0.892. The number of nitrogens with zero attached hydrogens (tertiary/aromatic N) is 1. The number of ether oxygens (including phenoxy) is 1. The number of halogens is 1. The van der Waals surface area contributed by atoms with Crippen LogP contribution in [-0.4, -0.2) is 25.9 Å². The highest BCUT2D eigenvalue weighted by Crippen LogP contribution is 2.01. The number of allylic oxidation sites excluding steroid dienone is 1. The molecule has 0 saturated heterocycles. The van der Waals surface area contributed by atoms with Crippen LogP contribution < -0.4 is 0 Å². The van der Waals surface area contributed by atoms with E-state index in [1.807, 2.05) is 13.0 Å². The van der Waals surface area contributed by atoms with Gasteiger partial charge in [0, 0.05) is 12.6 Å². The highest BCUT2D eigenvalue weighted by Gasteiger charge is 2.01. The average molecular weight is 162 g/mol. The molecule has 0 aliphatic heterocycles. The first kappa shape index (κ1) is 9.50. The quantitative estimate of drug-likeness (QED) is 0.344. The van der Waals surface area contributed by atoms with E-state index in [0.29, 0.717) is 11.8 Å². The fourth-order valence-electron chi connectivity index (χ4n) is 0.624. The van der Waals surface area contributed by atoms with Crippen molar-refractivity contribution in [2.24, 2.45) is 4.99 Å². The number of hydrogen-bond acceptors (Lipinski definition) is 2. The first-order valence-electron chi connectivity index (χ1n) is 3.02. The molecule has 0 spiro atoms. The summed E-state index contributed by atoms with van der Waals surface area (Å²) >= 11 is 5.59. The van der Waals surface area contributed by atoms with Gasteiger partial charge < -0.3 is 4.74 Å². The summed E-state index contributed by atoms with van der Waals surface area (Å²) in [5.41, 5.74) is 0.923. The molecule has 0 unspecified atom stereocenters. The normalized spacial score (nSPS) is 13.6. The maximum Gasteiger partial charge on any atom is 0.212 e. The number of aliphatic imine (C=N–C) groups is 1. The third-order valence-electron chi connectivity index (χ3n) is 1.16. The zero-order valence-electron chi connectivity index (χ0n) is 6.52. The maximum atomic E-state index is 5.59. The molecule has 0 bridgehead atoms. The van der Waals surface area contributed by atoms with Crippen molar-refractivity contribution in [3.8, 4) is 0 Å². The van der Waals surface area contributed by atoms with E-state index in [-0.39, 0.29) is 0 Å². The molecule has 0 rings (SSSR count). The molecule has 0 saturated carbocycles. The molecule has 0 aliphatic carbocycles. The van der Waals surface area contributed by atoms with E-state index in [9.17, 15) is 0 Å². The lowest BCUT2D eigenvalue weighted by molar-refractivity contribution is 0.403. The van der Waals surface area contributed by atoms with Gasteiger partial charge in [-0.2, -0.15) is 0 Å². The zero-order valence-corrected chi connectivity index (χ0v) is 7.27. The van der Waals surface area contributed by atoms with E-state index < -0.39 is 0 Å². The third-order valence-corrected chi connectivity index (χ3v) is 1.45. The van der Waals surface area contributed by atoms with Crippen molar-refractivity contribution in [1.29, 1.82) is 0 Å². The molecule has 3 heteroatoms. The molecular weight excluding hydrogens is 150 g/mol. The van der Waals surface area contributed by atoms with Crippen molar-refractivity contribution >= 4 is 17.5 Å². The topological polar surface area (TPSA) is 21.6 Å². The molecule has 0 fully saturated rings. The summed E-state index contributed by atoms with van der Waals surface area (Å²) in [5, 5.41) is 0. The summed E-state index contributed by atoms with van der Waals surface area (Å²) in [7, 11) is 3.26. The molecule has 0 aliphatic rings. The van der Waals surface area contributed by atoms with Crippen molar-refractivity contribution in [2.45, 2.75) is 6.92 Å². The molecule has 0 heterocycles. The van der Waals surface area contributed by atoms with Crippen LogP contribution in [0.1, 0.15) is 6.92 Å². The smallest absolute Gasteiger partial charge is 0.212 e. The van der Waals surface area contributed by atoms with Crippen LogP contribution in [0.3, 0.4) is 0 Å². The summed E-state index contributed by atoms with van der Waals surface area (Å²) in [6.45, 7) is 1.90. The van der Waals surface area contributed by atoms with Gasteiger partial charge in [0.15, 0.2) is 0 Å². The Balaban J connectivity index is 4.27. The summed E-state index contributed by atoms with van der Waals surface area (Å²) in [6, 6.07) is 0. The van der Waals surface area contributed by atoms with Crippen molar-refractivity contribution in [3.63, 3.8) is 0 Å². The van der Waals surface area contributed by atoms with E-state index in [2.05, 4.69) is 4.99 Å². The zero-order chi connectivity index (χ0) is 7.98. The van der Waals surface area contributed by atoms with Gasteiger partial charge in [0.25, 0.3) is 0 Å². The van der Waals surface area contributed by atoms with Crippen molar-refractivity contribution in [3.05, 3.63) is 11.6 Å². The summed E-state index contributed by atoms with van der Waals surface area (Å²) in [6.07, 6.45) is 1.89. The lowest BCUT2D eigenvalue weighted by atomic mass is 10.3. The minimum Gasteiger partial charge on any atom is -0.481 e. The first-order chi connectivity index (χ1) is 4.79. The second-order valence-electron chi connectivity index (χ2n) is 1.68. The van der Waals surface area contributed by atoms with E-state index in [0.717, 1.165) is 5.57 Å². The fraction of sp³-hybridized carbons (Fsp3) is 0.571. The SMILES string of the molecule is C/C=C(/CCl)C(=NC)OC. The second kappa shape index (κ2) is 5.30. The monoisotopic (exact) mass is 161 g/mol. The van der Waals surface area contributed by atoms with Gasteiger partial charge in [-0.05, 0) is 6.92 Å². The van der Waals surface area contributed by atoms with Gasteiger partial charge in [0.2, 0.25) is 5.90 Å². The minimum atomic E-state index is 0.441. The van der Waals surface area contributed by atoms with Crippen LogP contribution in [0.5, 0.6) is 0 Å². The summed E-state index contributed by atoms with van der Waals surface area (Å²) < 4.78 is 4.94. The second-order valence-corrected chi connectivity index (χ2v) is 1.95. The molecule has 0 aromatic carbocycles. The van der Waals surface area contributed by atoms with Crippen LogP contribution in [0.15, 0.2) is 16.6 Å². The molecule has 2 nitrogen and oxygen atoms in total. The molecule has 0 amide bonds. The van der Waals surface area contributed by atoms with Crippen LogP contribution in [-0.2, 0) is 4.74 Å². The Kier molecular flexibility index (Phi) is 5.03. The van der Waals surface area contributed by atoms with Crippen LogP contribution in [0.25, 0.3) is 0 Å². The highest BCUT2D eigenvalue weighted by atomic mass is 35.5. The number of hydrogen-bond donors (Lipinski definition) is 0. The largest absolute Gasteiger partial charge is 0.481 e. The van der Waals surface area contributed by atoms with E-state index in [4.69, 9.17) is 16.3 Å². The Morgan fingerprint density at radius 2 is 2.30 bits per heavy atom. The number of alkyl halides is 1. The van der Waals surface area contributed by atoms with Crippen molar-refractivity contribution < 1.29 is 4.74 Å². The standard InChI is InChI=1S/C7H12ClNO/c1-4-6(5-8)7(9-2)10-3/h4H,5H2,1-3H3/b6-4-,9-7?. The van der Waals surface area contributed by atoms with Gasteiger partial charge in [-0.1, -0.05) is 6.08 Å². The first-order valence-corrected chi connectivity index (χ1v) is 3.55. The minimum absolute atomic E-state index is 0.441. The Hall–Kier alpha value is -0.500. The van der Waals surface area contributed by atoms with Crippen LogP contribution >= 0.6 is 11.6 Å². The predicted molar refractivity (Wildman–Crippen MR) is 44.8 cm³/mol.